The second-order valence-corrected chi connectivity index (χ2v) is 6.59. The first-order valence-electron chi connectivity index (χ1n) is 9.67. The molecule has 1 amide bonds. The third-order valence-electron chi connectivity index (χ3n) is 4.41. The maximum atomic E-state index is 12.7. The third-order valence-corrected chi connectivity index (χ3v) is 4.41. The Kier molecular flexibility index (Phi) is 6.96. The zero-order valence-corrected chi connectivity index (χ0v) is 16.9. The van der Waals surface area contributed by atoms with E-state index in [0.29, 0.717) is 16.8 Å². The van der Waals surface area contributed by atoms with Gasteiger partial charge in [-0.3, -0.25) is 9.59 Å². The molecule has 0 aliphatic carbocycles. The molecule has 0 saturated heterocycles. The Morgan fingerprint density at radius 3 is 2.42 bits per heavy atom. The molecule has 31 heavy (non-hydrogen) atoms. The van der Waals surface area contributed by atoms with Crippen LogP contribution in [0.15, 0.2) is 84.6 Å². The molecule has 0 aliphatic rings. The summed E-state index contributed by atoms with van der Waals surface area (Å²) < 4.78 is 4.60. The molecule has 0 unspecified atom stereocenters. The van der Waals surface area contributed by atoms with Gasteiger partial charge in [-0.2, -0.15) is 0 Å². The molecule has 0 aliphatic heterocycles. The van der Waals surface area contributed by atoms with E-state index in [2.05, 4.69) is 10.1 Å². The number of carbonyl (C=O) groups is 3. The summed E-state index contributed by atoms with van der Waals surface area (Å²) in [5.74, 6) is -2.47. The van der Waals surface area contributed by atoms with E-state index in [0.717, 1.165) is 16.8 Å². The Labute approximate surface area is 179 Å². The molecule has 0 aromatic heterocycles. The molecule has 2 N–H and O–H groups in total. The van der Waals surface area contributed by atoms with E-state index in [9.17, 15) is 19.5 Å². The zero-order chi connectivity index (χ0) is 22.2. The topological polar surface area (TPSA) is 92.7 Å². The summed E-state index contributed by atoms with van der Waals surface area (Å²) in [5, 5.41) is 14.2. The number of rotatable bonds is 7. The van der Waals surface area contributed by atoms with Crippen LogP contribution in [0, 0.1) is 0 Å². The Bertz CT molecular complexity index is 1170. The lowest BCUT2D eigenvalue weighted by molar-refractivity contribution is -0.141. The number of fused-ring (bicyclic) bond motifs is 1. The molecular weight excluding hydrogens is 394 g/mol. The number of ketones is 1. The molecule has 0 spiro atoms. The number of hydrogen-bond acceptors (Lipinski definition) is 5. The standard InChI is InChI=1S/C25H21NO5/c1-2-31-25(30)23(28)16-20(27)15-12-17-10-13-19(14-11-17)26-24(29)22-9-5-7-18-6-3-4-8-21(18)22/h3-16,28H,2H2,1H3,(H,26,29)/b15-12+,23-16-. The third kappa shape index (κ3) is 5.67. The predicted octanol–water partition coefficient (Wildman–Crippen LogP) is 4.68. The van der Waals surface area contributed by atoms with E-state index in [1.807, 2.05) is 36.4 Å². The van der Waals surface area contributed by atoms with Crippen LogP contribution in [0.2, 0.25) is 0 Å². The van der Waals surface area contributed by atoms with Gasteiger partial charge < -0.3 is 15.2 Å². The highest BCUT2D eigenvalue weighted by atomic mass is 16.5. The second kappa shape index (κ2) is 10.0. The highest BCUT2D eigenvalue weighted by Gasteiger charge is 2.10. The fourth-order valence-electron chi connectivity index (χ4n) is 2.92. The van der Waals surface area contributed by atoms with Gasteiger partial charge in [0.15, 0.2) is 5.78 Å². The minimum absolute atomic E-state index is 0.101. The number of aliphatic hydroxyl groups excluding tert-OH is 1. The van der Waals surface area contributed by atoms with Crippen LogP contribution in [-0.4, -0.2) is 29.4 Å². The van der Waals surface area contributed by atoms with Crippen molar-refractivity contribution in [2.45, 2.75) is 6.92 Å². The first-order valence-corrected chi connectivity index (χ1v) is 9.67. The van der Waals surface area contributed by atoms with Gasteiger partial charge in [0.1, 0.15) is 0 Å². The van der Waals surface area contributed by atoms with Crippen molar-refractivity contribution in [3.8, 4) is 0 Å². The molecule has 0 bridgehead atoms. The van der Waals surface area contributed by atoms with Crippen molar-refractivity contribution in [1.29, 1.82) is 0 Å². The van der Waals surface area contributed by atoms with Crippen molar-refractivity contribution in [2.24, 2.45) is 0 Å². The summed E-state index contributed by atoms with van der Waals surface area (Å²) in [6.45, 7) is 1.70. The maximum Gasteiger partial charge on any atom is 0.373 e. The molecule has 6 heteroatoms. The van der Waals surface area contributed by atoms with Gasteiger partial charge in [0, 0.05) is 17.3 Å². The average molecular weight is 415 g/mol. The van der Waals surface area contributed by atoms with Crippen molar-refractivity contribution in [1.82, 2.24) is 0 Å². The lowest BCUT2D eigenvalue weighted by atomic mass is 10.0. The summed E-state index contributed by atoms with van der Waals surface area (Å²) in [4.78, 5) is 35.8. The number of nitrogens with one attached hydrogen (secondary N) is 1. The Morgan fingerprint density at radius 1 is 0.968 bits per heavy atom. The largest absolute Gasteiger partial charge is 0.502 e. The highest BCUT2D eigenvalue weighted by molar-refractivity contribution is 6.13. The Balaban J connectivity index is 1.65. The number of ether oxygens (including phenoxy) is 1. The number of aliphatic hydroxyl groups is 1. The molecule has 3 aromatic carbocycles. The molecule has 0 saturated carbocycles. The number of amides is 1. The van der Waals surface area contributed by atoms with Crippen molar-refractivity contribution >= 4 is 40.2 Å². The van der Waals surface area contributed by atoms with Crippen molar-refractivity contribution < 1.29 is 24.2 Å². The summed E-state index contributed by atoms with van der Waals surface area (Å²) in [6, 6.07) is 20.2. The number of hydrogen-bond donors (Lipinski definition) is 2. The fraction of sp³-hybridized carbons (Fsp3) is 0.0800. The quantitative estimate of drug-likeness (QED) is 0.332. The molecule has 156 valence electrons. The average Bonchev–Trinajstić information content (AvgIpc) is 2.78. The van der Waals surface area contributed by atoms with Crippen LogP contribution in [0.5, 0.6) is 0 Å². The van der Waals surface area contributed by atoms with E-state index in [1.54, 1.807) is 37.3 Å². The van der Waals surface area contributed by atoms with Crippen LogP contribution in [0.4, 0.5) is 5.69 Å². The monoisotopic (exact) mass is 415 g/mol. The summed E-state index contributed by atoms with van der Waals surface area (Å²) >= 11 is 0. The van der Waals surface area contributed by atoms with Gasteiger partial charge >= 0.3 is 5.97 Å². The molecule has 0 fully saturated rings. The van der Waals surface area contributed by atoms with Gasteiger partial charge in [-0.15, -0.1) is 0 Å². The van der Waals surface area contributed by atoms with Crippen LogP contribution < -0.4 is 5.32 Å². The Morgan fingerprint density at radius 2 is 1.68 bits per heavy atom. The van der Waals surface area contributed by atoms with Gasteiger partial charge in [-0.05, 0) is 47.5 Å². The van der Waals surface area contributed by atoms with Gasteiger partial charge in [-0.25, -0.2) is 4.79 Å². The number of esters is 1. The molecule has 0 heterocycles. The predicted molar refractivity (Wildman–Crippen MR) is 120 cm³/mol. The molecule has 6 nitrogen and oxygen atoms in total. The smallest absolute Gasteiger partial charge is 0.373 e. The number of anilines is 1. The van der Waals surface area contributed by atoms with E-state index >= 15 is 0 Å². The molecule has 0 atom stereocenters. The van der Waals surface area contributed by atoms with Crippen LogP contribution in [0.1, 0.15) is 22.8 Å². The second-order valence-electron chi connectivity index (χ2n) is 6.59. The van der Waals surface area contributed by atoms with E-state index in [1.165, 1.54) is 12.2 Å². The van der Waals surface area contributed by atoms with Crippen LogP contribution in [-0.2, 0) is 14.3 Å². The zero-order valence-electron chi connectivity index (χ0n) is 16.9. The minimum Gasteiger partial charge on any atom is -0.502 e. The fourth-order valence-corrected chi connectivity index (χ4v) is 2.92. The summed E-state index contributed by atoms with van der Waals surface area (Å²) in [5.41, 5.74) is 1.91. The summed E-state index contributed by atoms with van der Waals surface area (Å²) in [7, 11) is 0. The number of benzene rings is 3. The first kappa shape index (κ1) is 21.5. The van der Waals surface area contributed by atoms with Crippen molar-refractivity contribution in [3.63, 3.8) is 0 Å². The van der Waals surface area contributed by atoms with Crippen LogP contribution >= 0.6 is 0 Å². The van der Waals surface area contributed by atoms with Crippen molar-refractivity contribution in [2.75, 3.05) is 11.9 Å². The Hall–Kier alpha value is -4.19. The minimum atomic E-state index is -0.949. The van der Waals surface area contributed by atoms with Crippen LogP contribution in [0.25, 0.3) is 16.8 Å². The number of carbonyl (C=O) groups excluding carboxylic acids is 3. The van der Waals surface area contributed by atoms with Crippen molar-refractivity contribution in [3.05, 3.63) is 95.8 Å². The first-order chi connectivity index (χ1) is 15.0. The SMILES string of the molecule is CCOC(=O)/C(O)=C/C(=O)/C=C/c1ccc(NC(=O)c2cccc3ccccc23)cc1. The van der Waals surface area contributed by atoms with E-state index in [4.69, 9.17) is 0 Å². The molecular formula is C25H21NO5. The molecule has 0 radical (unpaired) electrons. The maximum absolute atomic E-state index is 12.7. The lowest BCUT2D eigenvalue weighted by Gasteiger charge is -2.08. The summed E-state index contributed by atoms with van der Waals surface area (Å²) in [6.07, 6.45) is 3.56. The van der Waals surface area contributed by atoms with Gasteiger partial charge in [0.25, 0.3) is 5.91 Å². The lowest BCUT2D eigenvalue weighted by Crippen LogP contribution is -2.12. The van der Waals surface area contributed by atoms with Gasteiger partial charge in [0.05, 0.1) is 6.61 Å². The molecule has 3 rings (SSSR count). The van der Waals surface area contributed by atoms with Gasteiger partial charge in [-0.1, -0.05) is 54.6 Å². The van der Waals surface area contributed by atoms with E-state index < -0.39 is 17.5 Å². The normalized spacial score (nSPS) is 11.5. The number of allylic oxidation sites excluding steroid dienone is 2. The van der Waals surface area contributed by atoms with Gasteiger partial charge in [0.2, 0.25) is 5.76 Å². The molecule has 3 aromatic rings. The highest BCUT2D eigenvalue weighted by Crippen LogP contribution is 2.20. The van der Waals surface area contributed by atoms with E-state index in [-0.39, 0.29) is 12.5 Å². The van der Waals surface area contributed by atoms with Crippen LogP contribution in [0.3, 0.4) is 0 Å².